The maximum Gasteiger partial charge on any atom is 0.337 e. The van der Waals surface area contributed by atoms with Gasteiger partial charge in [-0.15, -0.1) is 6.58 Å². The Bertz CT molecular complexity index is 1090. The fourth-order valence-electron chi connectivity index (χ4n) is 2.59. The summed E-state index contributed by atoms with van der Waals surface area (Å²) >= 11 is 1.33. The quantitative estimate of drug-likeness (QED) is 0.500. The van der Waals surface area contributed by atoms with Gasteiger partial charge in [0.1, 0.15) is 0 Å². The molecule has 3 rings (SSSR count). The minimum Gasteiger partial charge on any atom is -0.465 e. The number of carbonyl (C=O) groups is 2. The topological polar surface area (TPSA) is 78.5 Å². The van der Waals surface area contributed by atoms with Crippen LogP contribution in [0, 0.1) is 0 Å². The van der Waals surface area contributed by atoms with Crippen LogP contribution in [0.15, 0.2) is 48.1 Å². The number of allylic oxidation sites excluding steroid dienone is 1. The van der Waals surface area contributed by atoms with E-state index in [2.05, 4.69) is 16.7 Å². The smallest absolute Gasteiger partial charge is 0.337 e. The van der Waals surface area contributed by atoms with Crippen LogP contribution in [0.3, 0.4) is 0 Å². The number of amides is 1. The van der Waals surface area contributed by atoms with E-state index in [4.69, 9.17) is 4.74 Å². The molecule has 140 valence electrons. The minimum atomic E-state index is -0.410. The van der Waals surface area contributed by atoms with E-state index in [1.165, 1.54) is 18.4 Å². The molecule has 1 aromatic carbocycles. The molecule has 0 bridgehead atoms. The van der Waals surface area contributed by atoms with Crippen LogP contribution in [0.4, 0.5) is 0 Å². The Labute approximate surface area is 160 Å². The number of aromatic nitrogens is 3. The van der Waals surface area contributed by atoms with Crippen LogP contribution in [-0.4, -0.2) is 33.3 Å². The molecule has 0 atom stereocenters. The van der Waals surface area contributed by atoms with Gasteiger partial charge in [-0.25, -0.2) is 4.79 Å². The van der Waals surface area contributed by atoms with Gasteiger partial charge in [0.25, 0.3) is 5.91 Å². The van der Waals surface area contributed by atoms with Crippen LogP contribution in [0.1, 0.15) is 40.7 Å². The number of carbonyl (C=O) groups excluding carboxylic acids is 2. The molecule has 1 amide bonds. The maximum atomic E-state index is 12.6. The molecule has 3 aromatic rings. The minimum absolute atomic E-state index is 0.165. The number of rotatable bonds is 5. The lowest BCUT2D eigenvalue weighted by Gasteiger charge is -2.03. The van der Waals surface area contributed by atoms with Gasteiger partial charge >= 0.3 is 5.97 Å². The van der Waals surface area contributed by atoms with Crippen molar-refractivity contribution in [3.05, 3.63) is 59.2 Å². The third-order valence-electron chi connectivity index (χ3n) is 3.97. The van der Waals surface area contributed by atoms with Crippen LogP contribution in [0.25, 0.3) is 10.2 Å². The molecule has 0 fully saturated rings. The normalized spacial score (nSPS) is 11.9. The molecule has 0 aliphatic rings. The summed E-state index contributed by atoms with van der Waals surface area (Å²) in [5.74, 6) is -0.818. The highest BCUT2D eigenvalue weighted by Crippen LogP contribution is 2.20. The van der Waals surface area contributed by atoms with Crippen molar-refractivity contribution in [2.75, 3.05) is 7.11 Å². The lowest BCUT2D eigenvalue weighted by atomic mass is 10.2. The van der Waals surface area contributed by atoms with Gasteiger partial charge < -0.3 is 9.30 Å². The van der Waals surface area contributed by atoms with Crippen LogP contribution in [0.5, 0.6) is 0 Å². The largest absolute Gasteiger partial charge is 0.465 e. The molecule has 8 heteroatoms. The van der Waals surface area contributed by atoms with E-state index >= 15 is 0 Å². The first-order chi connectivity index (χ1) is 12.9. The number of fused-ring (bicyclic) bond motifs is 1. The van der Waals surface area contributed by atoms with Crippen molar-refractivity contribution in [3.8, 4) is 0 Å². The second kappa shape index (κ2) is 7.71. The summed E-state index contributed by atoms with van der Waals surface area (Å²) in [5, 5.41) is 4.27. The van der Waals surface area contributed by atoms with Crippen molar-refractivity contribution < 1.29 is 14.3 Å². The molecule has 0 aliphatic carbocycles. The van der Waals surface area contributed by atoms with Gasteiger partial charge in [0.05, 0.1) is 22.9 Å². The number of methoxy groups -OCH3 is 1. The van der Waals surface area contributed by atoms with Crippen LogP contribution in [0.2, 0.25) is 0 Å². The number of ether oxygens (including phenoxy) is 1. The second-order valence-electron chi connectivity index (χ2n) is 6.15. The number of hydrogen-bond acceptors (Lipinski definition) is 5. The predicted molar refractivity (Wildman–Crippen MR) is 104 cm³/mol. The summed E-state index contributed by atoms with van der Waals surface area (Å²) < 4.78 is 9.20. The SMILES string of the molecule is C=CCn1c(=NC(=O)c2ccn(C(C)C)n2)sc2cc(C(=O)OC)ccc21. The zero-order chi connectivity index (χ0) is 19.6. The summed E-state index contributed by atoms with van der Waals surface area (Å²) in [6.07, 6.45) is 3.50. The van der Waals surface area contributed by atoms with Gasteiger partial charge in [-0.1, -0.05) is 17.4 Å². The third-order valence-corrected chi connectivity index (χ3v) is 5.01. The monoisotopic (exact) mass is 384 g/mol. The second-order valence-corrected chi connectivity index (χ2v) is 7.16. The van der Waals surface area contributed by atoms with Crippen LogP contribution >= 0.6 is 11.3 Å². The predicted octanol–water partition coefficient (Wildman–Crippen LogP) is 3.19. The average molecular weight is 384 g/mol. The number of thiazole rings is 1. The molecular weight excluding hydrogens is 364 g/mol. The fourth-order valence-corrected chi connectivity index (χ4v) is 3.67. The molecule has 27 heavy (non-hydrogen) atoms. The molecule has 7 nitrogen and oxygen atoms in total. The molecular formula is C19H20N4O3S. The summed E-state index contributed by atoms with van der Waals surface area (Å²) in [5.41, 5.74) is 1.61. The molecule has 0 radical (unpaired) electrons. The van der Waals surface area contributed by atoms with Crippen molar-refractivity contribution in [2.45, 2.75) is 26.4 Å². The van der Waals surface area contributed by atoms with Gasteiger partial charge in [-0.05, 0) is 38.1 Å². The van der Waals surface area contributed by atoms with Crippen molar-refractivity contribution in [1.29, 1.82) is 0 Å². The highest BCUT2D eigenvalue weighted by Gasteiger charge is 2.13. The van der Waals surface area contributed by atoms with Gasteiger partial charge in [0, 0.05) is 18.8 Å². The highest BCUT2D eigenvalue weighted by atomic mass is 32.1. The molecule has 2 heterocycles. The zero-order valence-corrected chi connectivity index (χ0v) is 16.2. The first-order valence-electron chi connectivity index (χ1n) is 8.41. The Morgan fingerprint density at radius 2 is 2.15 bits per heavy atom. The molecule has 0 saturated heterocycles. The Balaban J connectivity index is 2.09. The summed E-state index contributed by atoms with van der Waals surface area (Å²) in [7, 11) is 1.34. The number of nitrogens with zero attached hydrogens (tertiary/aromatic N) is 4. The Morgan fingerprint density at radius 3 is 2.78 bits per heavy atom. The number of hydrogen-bond donors (Lipinski definition) is 0. The first-order valence-corrected chi connectivity index (χ1v) is 9.23. The molecule has 2 aromatic heterocycles. The van der Waals surface area contributed by atoms with E-state index in [0.29, 0.717) is 22.6 Å². The Hall–Kier alpha value is -3.00. The standard InChI is InChI=1S/C19H20N4O3S/c1-5-9-22-15-7-6-13(18(25)26-4)11-16(15)27-19(22)20-17(24)14-8-10-23(21-14)12(2)3/h5-8,10-12H,1,9H2,2-4H3. The van der Waals surface area contributed by atoms with Crippen molar-refractivity contribution in [3.63, 3.8) is 0 Å². The van der Waals surface area contributed by atoms with Crippen LogP contribution < -0.4 is 4.80 Å². The van der Waals surface area contributed by atoms with E-state index in [1.54, 1.807) is 35.2 Å². The fraction of sp³-hybridized carbons (Fsp3) is 0.263. The lowest BCUT2D eigenvalue weighted by Crippen LogP contribution is -2.16. The number of esters is 1. The van der Waals surface area contributed by atoms with Crippen molar-refractivity contribution in [2.24, 2.45) is 4.99 Å². The first kappa shape index (κ1) is 18.8. The summed E-state index contributed by atoms with van der Waals surface area (Å²) in [4.78, 5) is 29.1. The van der Waals surface area contributed by atoms with E-state index < -0.39 is 11.9 Å². The van der Waals surface area contributed by atoms with E-state index in [1.807, 2.05) is 24.5 Å². The zero-order valence-electron chi connectivity index (χ0n) is 15.4. The average Bonchev–Trinajstić information content (AvgIpc) is 3.27. The van der Waals surface area contributed by atoms with Crippen LogP contribution in [-0.2, 0) is 11.3 Å². The molecule has 0 aliphatic heterocycles. The van der Waals surface area contributed by atoms with E-state index in [-0.39, 0.29) is 6.04 Å². The van der Waals surface area contributed by atoms with E-state index in [9.17, 15) is 9.59 Å². The van der Waals surface area contributed by atoms with Crippen molar-refractivity contribution >= 4 is 33.4 Å². The third kappa shape index (κ3) is 3.75. The Morgan fingerprint density at radius 1 is 1.37 bits per heavy atom. The highest BCUT2D eigenvalue weighted by molar-refractivity contribution is 7.16. The lowest BCUT2D eigenvalue weighted by molar-refractivity contribution is 0.0601. The van der Waals surface area contributed by atoms with Crippen molar-refractivity contribution in [1.82, 2.24) is 14.3 Å². The van der Waals surface area contributed by atoms with E-state index in [0.717, 1.165) is 10.2 Å². The van der Waals surface area contributed by atoms with Gasteiger partial charge in [0.15, 0.2) is 10.5 Å². The molecule has 0 unspecified atom stereocenters. The summed E-state index contributed by atoms with van der Waals surface area (Å²) in [6.45, 7) is 8.24. The van der Waals surface area contributed by atoms with Gasteiger partial charge in [-0.3, -0.25) is 9.48 Å². The number of benzene rings is 1. The van der Waals surface area contributed by atoms with Gasteiger partial charge in [-0.2, -0.15) is 10.1 Å². The molecule has 0 N–H and O–H groups in total. The Kier molecular flexibility index (Phi) is 5.36. The maximum absolute atomic E-state index is 12.6. The summed E-state index contributed by atoms with van der Waals surface area (Å²) in [6, 6.07) is 7.07. The molecule has 0 spiro atoms. The van der Waals surface area contributed by atoms with Gasteiger partial charge in [0.2, 0.25) is 0 Å². The molecule has 0 saturated carbocycles.